The average Bonchev–Trinajstić information content (AvgIpc) is 3.58. The lowest BCUT2D eigenvalue weighted by Gasteiger charge is -2.23. The van der Waals surface area contributed by atoms with Gasteiger partial charge in [0.15, 0.2) is 0 Å². The second kappa shape index (κ2) is 10.0. The number of nitrogens with zero attached hydrogens (tertiary/aromatic N) is 2. The first kappa shape index (κ1) is 23.4. The van der Waals surface area contributed by atoms with Crippen molar-refractivity contribution in [3.8, 4) is 0 Å². The molecule has 0 unspecified atom stereocenters. The largest absolute Gasteiger partial charge is 0.477 e. The number of aromatic carboxylic acids is 1. The average molecular weight is 502 g/mol. The van der Waals surface area contributed by atoms with Crippen LogP contribution in [-0.2, 0) is 16.1 Å². The molecule has 1 aliphatic rings. The second-order valence-electron chi connectivity index (χ2n) is 7.59. The van der Waals surface area contributed by atoms with Gasteiger partial charge >= 0.3 is 12.1 Å². The highest BCUT2D eigenvalue weighted by Gasteiger charge is 2.41. The van der Waals surface area contributed by atoms with E-state index in [9.17, 15) is 24.5 Å². The predicted octanol–water partition coefficient (Wildman–Crippen LogP) is 4.55. The van der Waals surface area contributed by atoms with E-state index in [1.54, 1.807) is 11.3 Å². The third kappa shape index (κ3) is 5.24. The number of nitro groups is 1. The van der Waals surface area contributed by atoms with Crippen LogP contribution in [0.15, 0.2) is 53.2 Å². The Hall–Kier alpha value is -3.77. The molecule has 3 heterocycles. The van der Waals surface area contributed by atoms with Crippen molar-refractivity contribution in [3.63, 3.8) is 0 Å². The summed E-state index contributed by atoms with van der Waals surface area (Å²) in [5, 5.41) is 26.0. The molecule has 0 aliphatic carbocycles. The molecule has 176 valence electrons. The normalized spacial score (nSPS) is 17.4. The number of nitro benzene ring substituents is 1. The van der Waals surface area contributed by atoms with Gasteiger partial charge in [-0.2, -0.15) is 0 Å². The summed E-state index contributed by atoms with van der Waals surface area (Å²) in [6, 6.07) is 10.1. The van der Waals surface area contributed by atoms with Crippen LogP contribution in [-0.4, -0.2) is 45.5 Å². The Morgan fingerprint density at radius 1 is 1.21 bits per heavy atom. The summed E-state index contributed by atoms with van der Waals surface area (Å²) in [5.74, 6) is -1.55. The maximum atomic E-state index is 13.0. The third-order valence-corrected chi connectivity index (χ3v) is 7.32. The Labute approximate surface area is 201 Å². The second-order valence-corrected chi connectivity index (χ2v) is 9.48. The van der Waals surface area contributed by atoms with Crippen molar-refractivity contribution in [1.29, 1.82) is 0 Å². The number of rotatable bonds is 7. The lowest BCUT2D eigenvalue weighted by Crippen LogP contribution is -2.43. The number of hydrogen-bond acceptors (Lipinski definition) is 8. The number of non-ortho nitro benzene ring substituents is 1. The Morgan fingerprint density at radius 3 is 2.59 bits per heavy atom. The topological polar surface area (TPSA) is 139 Å². The Kier molecular flexibility index (Phi) is 6.89. The molecule has 4 rings (SSSR count). The van der Waals surface area contributed by atoms with Crippen LogP contribution in [0.2, 0.25) is 0 Å². The van der Waals surface area contributed by atoms with Crippen LogP contribution in [0, 0.1) is 10.1 Å². The van der Waals surface area contributed by atoms with E-state index in [1.807, 2.05) is 17.5 Å². The molecule has 2 aromatic heterocycles. The van der Waals surface area contributed by atoms with Crippen molar-refractivity contribution in [3.05, 3.63) is 78.7 Å². The minimum atomic E-state index is -1.08. The minimum absolute atomic E-state index is 0.0419. The van der Waals surface area contributed by atoms with Crippen molar-refractivity contribution >= 4 is 52.0 Å². The molecule has 3 aromatic rings. The van der Waals surface area contributed by atoms with Crippen LogP contribution in [0.3, 0.4) is 0 Å². The van der Waals surface area contributed by atoms with Crippen molar-refractivity contribution < 1.29 is 29.2 Å². The number of carbonyl (C=O) groups excluding carboxylic acids is 2. The summed E-state index contributed by atoms with van der Waals surface area (Å²) in [4.78, 5) is 49.9. The number of benzene rings is 1. The molecule has 2 atom stereocenters. The van der Waals surface area contributed by atoms with Gasteiger partial charge in [-0.1, -0.05) is 6.07 Å². The highest BCUT2D eigenvalue weighted by molar-refractivity contribution is 7.12. The van der Waals surface area contributed by atoms with Gasteiger partial charge in [-0.15, -0.1) is 22.7 Å². The molecular weight excluding hydrogens is 482 g/mol. The number of nitrogens with one attached hydrogen (secondary N) is 1. The molecule has 1 fully saturated rings. The summed E-state index contributed by atoms with van der Waals surface area (Å²) < 4.78 is 5.41. The summed E-state index contributed by atoms with van der Waals surface area (Å²) in [6.07, 6.45) is -0.274. The molecular formula is C22H19N3O7S2. The number of ether oxygens (including phenoxy) is 1. The summed E-state index contributed by atoms with van der Waals surface area (Å²) in [7, 11) is 0. The fourth-order valence-corrected chi connectivity index (χ4v) is 5.21. The smallest absolute Gasteiger partial charge is 0.410 e. The van der Waals surface area contributed by atoms with Gasteiger partial charge in [0.25, 0.3) is 5.69 Å². The van der Waals surface area contributed by atoms with E-state index in [-0.39, 0.29) is 23.1 Å². The van der Waals surface area contributed by atoms with Crippen LogP contribution in [0.1, 0.15) is 32.5 Å². The molecule has 0 spiro atoms. The summed E-state index contributed by atoms with van der Waals surface area (Å²) in [6.45, 7) is 0.194. The third-order valence-electron chi connectivity index (χ3n) is 5.37. The molecule has 1 saturated heterocycles. The van der Waals surface area contributed by atoms with Crippen LogP contribution in [0.25, 0.3) is 0 Å². The Bertz CT molecular complexity index is 1210. The zero-order chi connectivity index (χ0) is 24.2. The molecule has 1 aromatic carbocycles. The number of carboxylic acids is 1. The number of likely N-dealkylation sites (tertiary alicyclic amines) is 1. The molecule has 1 aliphatic heterocycles. The molecule has 34 heavy (non-hydrogen) atoms. The first-order chi connectivity index (χ1) is 16.3. The first-order valence-electron chi connectivity index (χ1n) is 10.1. The molecule has 10 nitrogen and oxygen atoms in total. The quantitative estimate of drug-likeness (QED) is 0.358. The number of carboxylic acid groups (broad SMARTS) is 1. The van der Waals surface area contributed by atoms with Gasteiger partial charge in [0.1, 0.15) is 17.5 Å². The number of thiophene rings is 2. The molecule has 2 N–H and O–H groups in total. The molecule has 0 bridgehead atoms. The van der Waals surface area contributed by atoms with E-state index >= 15 is 0 Å². The highest BCUT2D eigenvalue weighted by atomic mass is 32.1. The summed E-state index contributed by atoms with van der Waals surface area (Å²) >= 11 is 2.54. The van der Waals surface area contributed by atoms with Crippen LogP contribution in [0.4, 0.5) is 16.2 Å². The molecule has 12 heteroatoms. The van der Waals surface area contributed by atoms with Crippen LogP contribution < -0.4 is 5.32 Å². The van der Waals surface area contributed by atoms with Gasteiger partial charge in [0.05, 0.1) is 10.6 Å². The van der Waals surface area contributed by atoms with Gasteiger partial charge in [-0.25, -0.2) is 9.59 Å². The van der Waals surface area contributed by atoms with Gasteiger partial charge in [-0.05, 0) is 41.6 Å². The van der Waals surface area contributed by atoms with E-state index in [1.165, 1.54) is 40.6 Å². The lowest BCUT2D eigenvalue weighted by molar-refractivity contribution is -0.384. The number of amides is 2. The zero-order valence-corrected chi connectivity index (χ0v) is 19.2. The van der Waals surface area contributed by atoms with Gasteiger partial charge in [0.2, 0.25) is 5.91 Å². The fourth-order valence-electron chi connectivity index (χ4n) is 3.70. The van der Waals surface area contributed by atoms with Gasteiger partial charge in [0, 0.05) is 34.9 Å². The minimum Gasteiger partial charge on any atom is -0.477 e. The Morgan fingerprint density at radius 2 is 1.97 bits per heavy atom. The van der Waals surface area contributed by atoms with Crippen LogP contribution in [0.5, 0.6) is 0 Å². The maximum Gasteiger partial charge on any atom is 0.410 e. The highest BCUT2D eigenvalue weighted by Crippen LogP contribution is 2.35. The van der Waals surface area contributed by atoms with E-state index in [4.69, 9.17) is 9.84 Å². The van der Waals surface area contributed by atoms with Crippen molar-refractivity contribution in [2.75, 3.05) is 11.9 Å². The number of hydrogen-bond donors (Lipinski definition) is 2. The molecule has 0 saturated carbocycles. The lowest BCUT2D eigenvalue weighted by atomic mass is 10.0. The Balaban J connectivity index is 1.46. The zero-order valence-electron chi connectivity index (χ0n) is 17.6. The van der Waals surface area contributed by atoms with Crippen LogP contribution >= 0.6 is 22.7 Å². The number of anilines is 1. The monoisotopic (exact) mass is 501 g/mol. The standard InChI is InChI=1S/C22H19N3O7S2/c26-20(23-15-9-19(21(27)28)34-12-15)17-8-14(18-2-1-7-33-18)10-24(17)22(29)32-11-13-3-5-16(6-4-13)25(30)31/h1-7,9,12,14,17H,8,10-11H2,(H,23,26)(H,27,28)/t14-,17-/m0/s1. The molecule has 0 radical (unpaired) electrons. The predicted molar refractivity (Wildman–Crippen MR) is 125 cm³/mol. The SMILES string of the molecule is O=C(O)c1cc(NC(=O)[C@@H]2C[C@H](c3cccs3)CN2C(=O)OCc2ccc([N+](=O)[O-])cc2)cs1. The van der Waals surface area contributed by atoms with E-state index < -0.39 is 28.9 Å². The van der Waals surface area contributed by atoms with Crippen molar-refractivity contribution in [1.82, 2.24) is 4.90 Å². The van der Waals surface area contributed by atoms with Crippen molar-refractivity contribution in [2.45, 2.75) is 25.0 Å². The first-order valence-corrected chi connectivity index (χ1v) is 11.9. The van der Waals surface area contributed by atoms with E-state index in [2.05, 4.69) is 5.32 Å². The van der Waals surface area contributed by atoms with Crippen molar-refractivity contribution in [2.24, 2.45) is 0 Å². The number of carbonyl (C=O) groups is 3. The summed E-state index contributed by atoms with van der Waals surface area (Å²) in [5.41, 5.74) is 0.865. The molecule has 2 amide bonds. The van der Waals surface area contributed by atoms with Gasteiger partial charge in [-0.3, -0.25) is 19.8 Å². The maximum absolute atomic E-state index is 13.0. The fraction of sp³-hybridized carbons (Fsp3) is 0.227. The van der Waals surface area contributed by atoms with E-state index in [0.717, 1.165) is 16.2 Å². The van der Waals surface area contributed by atoms with Gasteiger partial charge < -0.3 is 15.2 Å². The van der Waals surface area contributed by atoms with E-state index in [0.29, 0.717) is 24.2 Å².